The van der Waals surface area contributed by atoms with Crippen molar-refractivity contribution in [2.75, 3.05) is 13.7 Å². The lowest BCUT2D eigenvalue weighted by Gasteiger charge is -2.63. The van der Waals surface area contributed by atoms with E-state index in [0.717, 1.165) is 25.7 Å². The molecule has 4 rings (SSSR count). The second-order valence-electron chi connectivity index (χ2n) is 14.3. The zero-order valence-electron chi connectivity index (χ0n) is 23.7. The topological polar surface area (TPSA) is 66.8 Å². The summed E-state index contributed by atoms with van der Waals surface area (Å²) in [5, 5.41) is 20.5. The van der Waals surface area contributed by atoms with Crippen molar-refractivity contribution in [3.63, 3.8) is 0 Å². The van der Waals surface area contributed by atoms with Gasteiger partial charge in [0.2, 0.25) is 0 Å². The zero-order chi connectivity index (χ0) is 26.0. The number of ether oxygens (including phenoxy) is 1. The molecule has 9 atom stereocenters. The molecule has 0 aromatic heterocycles. The van der Waals surface area contributed by atoms with Gasteiger partial charge >= 0.3 is 0 Å². The highest BCUT2D eigenvalue weighted by molar-refractivity contribution is 5.85. The Balaban J connectivity index is 1.56. The molecule has 0 aromatic carbocycles. The summed E-state index contributed by atoms with van der Waals surface area (Å²) in [5.41, 5.74) is 1.31. The number of fused-ring (bicyclic) bond motifs is 5. The van der Waals surface area contributed by atoms with Gasteiger partial charge in [-0.05, 0) is 98.2 Å². The lowest BCUT2D eigenvalue weighted by molar-refractivity contribution is -0.142. The highest BCUT2D eigenvalue weighted by Gasteiger charge is 2.65. The highest BCUT2D eigenvalue weighted by Crippen LogP contribution is 2.72. The van der Waals surface area contributed by atoms with Gasteiger partial charge in [0.25, 0.3) is 0 Å². The van der Waals surface area contributed by atoms with Crippen LogP contribution in [0.2, 0.25) is 0 Å². The summed E-state index contributed by atoms with van der Waals surface area (Å²) in [6, 6.07) is 0. The Morgan fingerprint density at radius 2 is 1.77 bits per heavy atom. The predicted octanol–water partition coefficient (Wildman–Crippen LogP) is 6.34. The summed E-state index contributed by atoms with van der Waals surface area (Å²) in [7, 11) is 1.57. The Labute approximate surface area is 214 Å². The quantitative estimate of drug-likeness (QED) is 0.411. The van der Waals surface area contributed by atoms with Gasteiger partial charge in [0.1, 0.15) is 11.4 Å². The Bertz CT molecular complexity index is 856. The molecule has 0 spiro atoms. The monoisotopic (exact) mass is 488 g/mol. The lowest BCUT2D eigenvalue weighted by Crippen LogP contribution is -2.56. The first-order chi connectivity index (χ1) is 16.2. The molecule has 35 heavy (non-hydrogen) atoms. The lowest BCUT2D eigenvalue weighted by atomic mass is 9.41. The van der Waals surface area contributed by atoms with Crippen molar-refractivity contribution in [2.45, 2.75) is 118 Å². The van der Waals surface area contributed by atoms with Crippen LogP contribution in [0.5, 0.6) is 0 Å². The predicted molar refractivity (Wildman–Crippen MR) is 141 cm³/mol. The molecule has 4 nitrogen and oxygen atoms in total. The van der Waals surface area contributed by atoms with Crippen molar-refractivity contribution in [1.29, 1.82) is 0 Å². The van der Waals surface area contributed by atoms with Crippen LogP contribution in [0.15, 0.2) is 11.6 Å². The van der Waals surface area contributed by atoms with Crippen LogP contribution >= 0.6 is 0 Å². The minimum absolute atomic E-state index is 0.160. The van der Waals surface area contributed by atoms with Gasteiger partial charge in [-0.15, -0.1) is 0 Å². The van der Waals surface area contributed by atoms with E-state index in [1.54, 1.807) is 19.6 Å². The number of hydrogen-bond acceptors (Lipinski definition) is 4. The summed E-state index contributed by atoms with van der Waals surface area (Å²) < 4.78 is 5.43. The molecule has 200 valence electrons. The van der Waals surface area contributed by atoms with E-state index in [9.17, 15) is 15.0 Å². The Hall–Kier alpha value is -0.710. The highest BCUT2D eigenvalue weighted by atomic mass is 16.5. The maximum absolute atomic E-state index is 12.8. The number of methoxy groups -OCH3 is 1. The Morgan fingerprint density at radius 1 is 1.09 bits per heavy atom. The van der Waals surface area contributed by atoms with E-state index >= 15 is 0 Å². The molecule has 0 aliphatic heterocycles. The van der Waals surface area contributed by atoms with Gasteiger partial charge in [-0.1, -0.05) is 53.2 Å². The normalized spacial score (nSPS) is 43.9. The number of Topliss-reactive ketones (excluding diaryl/α,β-unsaturated/α-hetero) is 1. The first-order valence-electron chi connectivity index (χ1n) is 14.3. The van der Waals surface area contributed by atoms with Crippen LogP contribution in [0.25, 0.3) is 0 Å². The molecule has 0 unspecified atom stereocenters. The third-order valence-corrected chi connectivity index (χ3v) is 12.7. The van der Waals surface area contributed by atoms with Crippen molar-refractivity contribution < 1.29 is 19.7 Å². The third-order valence-electron chi connectivity index (χ3n) is 12.7. The van der Waals surface area contributed by atoms with Crippen LogP contribution in [0, 0.1) is 45.3 Å². The number of carbonyl (C=O) groups excluding carboxylic acids is 1. The van der Waals surface area contributed by atoms with E-state index in [2.05, 4.69) is 47.6 Å². The standard InChI is InChI=1S/C31H52O4/c1-20(9-12-26(34)31(7,19-32)35-8)21-13-17-30(6)23-10-11-24-27(2,3)25(33)15-16-28(24,4)22(23)14-18-29(21,30)5/h14,20-21,23-24,26,32,34H,9-13,15-19H2,1-8H3/t20-,21-,23-,24-,26+,28+,29-,30+,31-/m0/s1. The molecule has 3 saturated carbocycles. The van der Waals surface area contributed by atoms with E-state index in [-0.39, 0.29) is 22.9 Å². The van der Waals surface area contributed by atoms with E-state index in [4.69, 9.17) is 4.74 Å². The number of hydrogen-bond donors (Lipinski definition) is 2. The second-order valence-corrected chi connectivity index (χ2v) is 14.3. The fraction of sp³-hybridized carbons (Fsp3) is 0.903. The SMILES string of the molecule is CO[C@@](C)(CO)[C@H](O)CC[C@H](C)[C@@H]1CC[C@]2(C)[C@H]3CC[C@H]4C(C)(C)C(=O)CC[C@]4(C)C3=CC[C@@]12C. The van der Waals surface area contributed by atoms with Crippen molar-refractivity contribution in [1.82, 2.24) is 0 Å². The van der Waals surface area contributed by atoms with E-state index in [1.165, 1.54) is 25.7 Å². The molecule has 2 N–H and O–H groups in total. The summed E-state index contributed by atoms with van der Waals surface area (Å²) in [5.74, 6) is 2.71. The van der Waals surface area contributed by atoms with E-state index < -0.39 is 11.7 Å². The maximum Gasteiger partial charge on any atom is 0.138 e. The van der Waals surface area contributed by atoms with E-state index in [1.807, 2.05) is 0 Å². The summed E-state index contributed by atoms with van der Waals surface area (Å²) in [6.45, 7) is 16.0. The number of rotatable bonds is 7. The average molecular weight is 489 g/mol. The fourth-order valence-corrected chi connectivity index (χ4v) is 9.72. The van der Waals surface area contributed by atoms with Gasteiger partial charge in [0.05, 0.1) is 12.7 Å². The third kappa shape index (κ3) is 3.83. The van der Waals surface area contributed by atoms with Gasteiger partial charge in [-0.3, -0.25) is 4.79 Å². The number of carbonyl (C=O) groups is 1. The van der Waals surface area contributed by atoms with Crippen molar-refractivity contribution in [3.8, 4) is 0 Å². The molecule has 4 heteroatoms. The second kappa shape index (κ2) is 8.95. The van der Waals surface area contributed by atoms with Crippen LogP contribution in [-0.4, -0.2) is 41.4 Å². The molecule has 0 heterocycles. The van der Waals surface area contributed by atoms with Crippen LogP contribution < -0.4 is 0 Å². The van der Waals surface area contributed by atoms with Crippen LogP contribution in [0.1, 0.15) is 106 Å². The van der Waals surface area contributed by atoms with Crippen LogP contribution in [0.4, 0.5) is 0 Å². The van der Waals surface area contributed by atoms with E-state index in [0.29, 0.717) is 41.3 Å². The fourth-order valence-electron chi connectivity index (χ4n) is 9.72. The van der Waals surface area contributed by atoms with Gasteiger partial charge < -0.3 is 14.9 Å². The first kappa shape index (κ1) is 27.3. The minimum atomic E-state index is -0.889. The molecular formula is C31H52O4. The zero-order valence-corrected chi connectivity index (χ0v) is 23.7. The van der Waals surface area contributed by atoms with Gasteiger partial charge in [0, 0.05) is 18.9 Å². The van der Waals surface area contributed by atoms with Crippen molar-refractivity contribution in [2.24, 2.45) is 45.3 Å². The molecule has 4 aliphatic rings. The van der Waals surface area contributed by atoms with Gasteiger partial charge in [-0.2, -0.15) is 0 Å². The largest absolute Gasteiger partial charge is 0.393 e. The first-order valence-corrected chi connectivity index (χ1v) is 14.3. The average Bonchev–Trinajstić information content (AvgIpc) is 3.10. The molecule has 0 bridgehead atoms. The molecule has 0 amide bonds. The Kier molecular flexibility index (Phi) is 6.98. The molecule has 4 aliphatic carbocycles. The molecule has 0 aromatic rings. The summed E-state index contributed by atoms with van der Waals surface area (Å²) >= 11 is 0. The molecule has 0 radical (unpaired) electrons. The minimum Gasteiger partial charge on any atom is -0.393 e. The molecule has 0 saturated heterocycles. The number of allylic oxidation sites excluding steroid dienone is 2. The Morgan fingerprint density at radius 3 is 2.40 bits per heavy atom. The smallest absolute Gasteiger partial charge is 0.138 e. The summed E-state index contributed by atoms with van der Waals surface area (Å²) in [6.07, 6.45) is 11.4. The van der Waals surface area contributed by atoms with Gasteiger partial charge in [-0.25, -0.2) is 0 Å². The maximum atomic E-state index is 12.8. The molecule has 3 fully saturated rings. The van der Waals surface area contributed by atoms with Crippen molar-refractivity contribution >= 4 is 5.78 Å². The van der Waals surface area contributed by atoms with Crippen molar-refractivity contribution in [3.05, 3.63) is 11.6 Å². The van der Waals surface area contributed by atoms with Crippen LogP contribution in [-0.2, 0) is 9.53 Å². The van der Waals surface area contributed by atoms with Gasteiger partial charge in [0.15, 0.2) is 0 Å². The summed E-state index contributed by atoms with van der Waals surface area (Å²) in [4.78, 5) is 12.8. The number of aliphatic hydroxyl groups is 2. The van der Waals surface area contributed by atoms with Crippen LogP contribution in [0.3, 0.4) is 0 Å². The number of aliphatic hydroxyl groups excluding tert-OH is 2. The number of ketones is 1. The molecular weight excluding hydrogens is 436 g/mol.